The Morgan fingerprint density at radius 1 is 1.17 bits per heavy atom. The molecule has 122 valence electrons. The van der Waals surface area contributed by atoms with E-state index in [-0.39, 0.29) is 5.91 Å². The third kappa shape index (κ3) is 4.96. The van der Waals surface area contributed by atoms with Crippen molar-refractivity contribution in [2.75, 3.05) is 24.5 Å². The Kier molecular flexibility index (Phi) is 6.41. The molecule has 0 saturated heterocycles. The summed E-state index contributed by atoms with van der Waals surface area (Å²) in [5.74, 6) is -0.0968. The van der Waals surface area contributed by atoms with Gasteiger partial charge in [-0.25, -0.2) is 0 Å². The van der Waals surface area contributed by atoms with Gasteiger partial charge in [-0.2, -0.15) is 0 Å². The van der Waals surface area contributed by atoms with Gasteiger partial charge in [-0.1, -0.05) is 23.7 Å². The van der Waals surface area contributed by atoms with Gasteiger partial charge in [0.1, 0.15) is 0 Å². The van der Waals surface area contributed by atoms with Crippen LogP contribution in [-0.2, 0) is 6.42 Å². The van der Waals surface area contributed by atoms with E-state index in [0.717, 1.165) is 35.8 Å². The van der Waals surface area contributed by atoms with Crippen LogP contribution in [0.25, 0.3) is 0 Å². The number of amides is 1. The largest absolute Gasteiger partial charge is 0.371 e. The summed E-state index contributed by atoms with van der Waals surface area (Å²) in [5.41, 5.74) is 2.70. The molecule has 0 bridgehead atoms. The SMILES string of the molecule is CCN(CC)c1cncc(C(=O)NCCc2ccc(Cl)cc2)c1. The molecule has 0 aliphatic carbocycles. The fourth-order valence-corrected chi connectivity index (χ4v) is 2.51. The zero-order valence-electron chi connectivity index (χ0n) is 13.6. The highest BCUT2D eigenvalue weighted by atomic mass is 35.5. The average Bonchev–Trinajstić information content (AvgIpc) is 2.58. The van der Waals surface area contributed by atoms with Gasteiger partial charge in [0, 0.05) is 30.9 Å². The number of rotatable bonds is 7. The average molecular weight is 332 g/mol. The van der Waals surface area contributed by atoms with Crippen LogP contribution in [0.4, 0.5) is 5.69 Å². The zero-order valence-corrected chi connectivity index (χ0v) is 14.3. The maximum Gasteiger partial charge on any atom is 0.252 e. The number of nitrogens with one attached hydrogen (secondary N) is 1. The Bertz CT molecular complexity index is 639. The minimum absolute atomic E-state index is 0.0968. The van der Waals surface area contributed by atoms with Crippen molar-refractivity contribution >= 4 is 23.2 Å². The molecule has 0 aliphatic rings. The van der Waals surface area contributed by atoms with E-state index >= 15 is 0 Å². The highest BCUT2D eigenvalue weighted by molar-refractivity contribution is 6.30. The van der Waals surface area contributed by atoms with Crippen LogP contribution in [-0.4, -0.2) is 30.5 Å². The fraction of sp³-hybridized carbons (Fsp3) is 0.333. The Hall–Kier alpha value is -2.07. The first kappa shape index (κ1) is 17.3. The predicted molar refractivity (Wildman–Crippen MR) is 95.3 cm³/mol. The van der Waals surface area contributed by atoms with Gasteiger partial charge in [0.15, 0.2) is 0 Å². The monoisotopic (exact) mass is 331 g/mol. The van der Waals surface area contributed by atoms with Crippen molar-refractivity contribution in [3.8, 4) is 0 Å². The highest BCUT2D eigenvalue weighted by Gasteiger charge is 2.09. The van der Waals surface area contributed by atoms with Crippen molar-refractivity contribution in [1.82, 2.24) is 10.3 Å². The quantitative estimate of drug-likeness (QED) is 0.843. The van der Waals surface area contributed by atoms with E-state index in [1.54, 1.807) is 12.4 Å². The molecule has 0 unspecified atom stereocenters. The summed E-state index contributed by atoms with van der Waals surface area (Å²) in [4.78, 5) is 18.6. The maximum absolute atomic E-state index is 12.2. The molecule has 2 aromatic rings. The summed E-state index contributed by atoms with van der Waals surface area (Å²) in [6.45, 7) is 6.53. The van der Waals surface area contributed by atoms with Crippen molar-refractivity contribution in [2.24, 2.45) is 0 Å². The third-order valence-corrected chi connectivity index (χ3v) is 3.98. The number of anilines is 1. The van der Waals surface area contributed by atoms with Gasteiger partial charge in [0.05, 0.1) is 17.4 Å². The molecule has 23 heavy (non-hydrogen) atoms. The summed E-state index contributed by atoms with van der Waals surface area (Å²) in [6.07, 6.45) is 4.16. The van der Waals surface area contributed by atoms with Crippen LogP contribution >= 0.6 is 11.6 Å². The number of hydrogen-bond acceptors (Lipinski definition) is 3. The number of nitrogens with zero attached hydrogens (tertiary/aromatic N) is 2. The standard InChI is InChI=1S/C18H22ClN3O/c1-3-22(4-2)17-11-15(12-20-13-17)18(23)21-10-9-14-5-7-16(19)8-6-14/h5-8,11-13H,3-4,9-10H2,1-2H3,(H,21,23). The molecule has 0 radical (unpaired) electrons. The van der Waals surface area contributed by atoms with Crippen molar-refractivity contribution in [3.05, 3.63) is 58.9 Å². The first-order valence-corrected chi connectivity index (χ1v) is 8.24. The Morgan fingerprint density at radius 2 is 1.87 bits per heavy atom. The van der Waals surface area contributed by atoms with E-state index in [0.29, 0.717) is 12.1 Å². The second-order valence-electron chi connectivity index (χ2n) is 5.24. The van der Waals surface area contributed by atoms with Crippen molar-refractivity contribution in [1.29, 1.82) is 0 Å². The van der Waals surface area contributed by atoms with Gasteiger partial charge in [-0.05, 0) is 44.0 Å². The zero-order chi connectivity index (χ0) is 16.7. The lowest BCUT2D eigenvalue weighted by Crippen LogP contribution is -2.27. The summed E-state index contributed by atoms with van der Waals surface area (Å²) >= 11 is 5.86. The van der Waals surface area contributed by atoms with Crippen LogP contribution in [0, 0.1) is 0 Å². The number of carbonyl (C=O) groups excluding carboxylic acids is 1. The van der Waals surface area contributed by atoms with Gasteiger partial charge in [0.2, 0.25) is 0 Å². The molecule has 0 aliphatic heterocycles. The summed E-state index contributed by atoms with van der Waals surface area (Å²) in [5, 5.41) is 3.65. The number of halogens is 1. The topological polar surface area (TPSA) is 45.2 Å². The number of aromatic nitrogens is 1. The molecule has 4 nitrogen and oxygen atoms in total. The lowest BCUT2D eigenvalue weighted by Gasteiger charge is -2.20. The first-order valence-electron chi connectivity index (χ1n) is 7.86. The van der Waals surface area contributed by atoms with Crippen molar-refractivity contribution < 1.29 is 4.79 Å². The molecule has 1 heterocycles. The predicted octanol–water partition coefficient (Wildman–Crippen LogP) is 3.55. The molecule has 0 spiro atoms. The molecular weight excluding hydrogens is 310 g/mol. The summed E-state index contributed by atoms with van der Waals surface area (Å²) < 4.78 is 0. The molecule has 1 N–H and O–H groups in total. The van der Waals surface area contributed by atoms with Gasteiger partial charge in [-0.15, -0.1) is 0 Å². The van der Waals surface area contributed by atoms with Crippen molar-refractivity contribution in [2.45, 2.75) is 20.3 Å². The lowest BCUT2D eigenvalue weighted by molar-refractivity contribution is 0.0954. The second-order valence-corrected chi connectivity index (χ2v) is 5.67. The molecule has 0 fully saturated rings. The maximum atomic E-state index is 12.2. The molecular formula is C18H22ClN3O. The van der Waals surface area contributed by atoms with Crippen LogP contribution < -0.4 is 10.2 Å². The van der Waals surface area contributed by atoms with E-state index in [2.05, 4.69) is 29.0 Å². The molecule has 5 heteroatoms. The Balaban J connectivity index is 1.92. The molecule has 2 rings (SSSR count). The van der Waals surface area contributed by atoms with Gasteiger partial charge < -0.3 is 10.2 Å². The smallest absolute Gasteiger partial charge is 0.252 e. The molecule has 1 aromatic heterocycles. The summed E-state index contributed by atoms with van der Waals surface area (Å²) in [7, 11) is 0. The van der Waals surface area contributed by atoms with E-state index in [9.17, 15) is 4.79 Å². The fourth-order valence-electron chi connectivity index (χ4n) is 2.39. The van der Waals surface area contributed by atoms with Gasteiger partial charge >= 0.3 is 0 Å². The van der Waals surface area contributed by atoms with E-state index in [1.807, 2.05) is 30.3 Å². The number of hydrogen-bond donors (Lipinski definition) is 1. The first-order chi connectivity index (χ1) is 11.1. The van der Waals surface area contributed by atoms with Crippen LogP contribution in [0.5, 0.6) is 0 Å². The van der Waals surface area contributed by atoms with Crippen molar-refractivity contribution in [3.63, 3.8) is 0 Å². The minimum atomic E-state index is -0.0968. The molecule has 1 aromatic carbocycles. The van der Waals surface area contributed by atoms with E-state index in [1.165, 1.54) is 0 Å². The van der Waals surface area contributed by atoms with Crippen LogP contribution in [0.2, 0.25) is 5.02 Å². The van der Waals surface area contributed by atoms with E-state index in [4.69, 9.17) is 11.6 Å². The Morgan fingerprint density at radius 3 is 2.52 bits per heavy atom. The highest BCUT2D eigenvalue weighted by Crippen LogP contribution is 2.14. The van der Waals surface area contributed by atoms with Crippen LogP contribution in [0.3, 0.4) is 0 Å². The lowest BCUT2D eigenvalue weighted by atomic mass is 10.1. The molecule has 1 amide bonds. The van der Waals surface area contributed by atoms with Gasteiger partial charge in [-0.3, -0.25) is 9.78 Å². The normalized spacial score (nSPS) is 10.4. The molecule has 0 saturated carbocycles. The number of benzene rings is 1. The number of carbonyl (C=O) groups is 1. The summed E-state index contributed by atoms with van der Waals surface area (Å²) in [6, 6.07) is 9.54. The second kappa shape index (κ2) is 8.53. The van der Waals surface area contributed by atoms with Gasteiger partial charge in [0.25, 0.3) is 5.91 Å². The molecule has 0 atom stereocenters. The van der Waals surface area contributed by atoms with E-state index < -0.39 is 0 Å². The van der Waals surface area contributed by atoms with Crippen LogP contribution in [0.1, 0.15) is 29.8 Å². The third-order valence-electron chi connectivity index (χ3n) is 3.73. The van der Waals surface area contributed by atoms with Crippen LogP contribution in [0.15, 0.2) is 42.7 Å². The number of pyridine rings is 1. The Labute approximate surface area is 142 Å². The minimum Gasteiger partial charge on any atom is -0.371 e.